The molecule has 160 valence electrons. The number of hydrogen-bond acceptors (Lipinski definition) is 4. The first-order valence-corrected chi connectivity index (χ1v) is 9.41. The van der Waals surface area contributed by atoms with Crippen LogP contribution in [0.1, 0.15) is 26.0 Å². The summed E-state index contributed by atoms with van der Waals surface area (Å²) in [6.45, 7) is 5.33. The van der Waals surface area contributed by atoms with E-state index in [0.717, 1.165) is 0 Å². The van der Waals surface area contributed by atoms with Crippen LogP contribution in [-0.2, 0) is 5.60 Å². The van der Waals surface area contributed by atoms with E-state index in [1.165, 1.54) is 24.5 Å². The monoisotopic (exact) mass is 520 g/mol. The maximum atomic E-state index is 14.0. The van der Waals surface area contributed by atoms with Crippen molar-refractivity contribution in [1.82, 2.24) is 10.6 Å². The van der Waals surface area contributed by atoms with E-state index in [2.05, 4.69) is 15.6 Å². The van der Waals surface area contributed by atoms with Gasteiger partial charge in [0.2, 0.25) is 0 Å². The number of nitrogens with zero attached hydrogens (tertiary/aromatic N) is 2. The second-order valence-corrected chi connectivity index (χ2v) is 7.09. The molecule has 2 aromatic rings. The lowest BCUT2D eigenvalue weighted by Gasteiger charge is -2.22. The van der Waals surface area contributed by atoms with E-state index < -0.39 is 17.2 Å². The van der Waals surface area contributed by atoms with Gasteiger partial charge in [0.1, 0.15) is 28.7 Å². The maximum absolute atomic E-state index is 14.0. The molecule has 3 N–H and O–H groups in total. The quantitative estimate of drug-likeness (QED) is 0.310. The summed E-state index contributed by atoms with van der Waals surface area (Å²) in [7, 11) is 0. The number of hydrogen-bond donors (Lipinski definition) is 3. The van der Waals surface area contributed by atoms with E-state index in [1.807, 2.05) is 6.92 Å². The van der Waals surface area contributed by atoms with E-state index in [1.54, 1.807) is 24.0 Å². The van der Waals surface area contributed by atoms with Crippen LogP contribution < -0.4 is 15.5 Å². The van der Waals surface area contributed by atoms with Crippen LogP contribution in [0.5, 0.6) is 0 Å². The number of anilines is 1. The van der Waals surface area contributed by atoms with Crippen molar-refractivity contribution in [1.29, 1.82) is 0 Å². The van der Waals surface area contributed by atoms with Crippen LogP contribution >= 0.6 is 24.0 Å². The zero-order valence-corrected chi connectivity index (χ0v) is 18.8. The van der Waals surface area contributed by atoms with Gasteiger partial charge in [-0.15, -0.1) is 24.0 Å². The number of rotatable bonds is 6. The first-order valence-electron chi connectivity index (χ1n) is 9.41. The molecule has 1 saturated heterocycles. The number of furan rings is 1. The van der Waals surface area contributed by atoms with Gasteiger partial charge in [0, 0.05) is 25.7 Å². The molecule has 0 amide bonds. The lowest BCUT2D eigenvalue weighted by atomic mass is 10.0. The van der Waals surface area contributed by atoms with Gasteiger partial charge in [0.25, 0.3) is 0 Å². The molecule has 29 heavy (non-hydrogen) atoms. The summed E-state index contributed by atoms with van der Waals surface area (Å²) in [5.41, 5.74) is -1.22. The standard InChI is InChI=1S/C20H26F2N4O2.HI/c1-3-23-19(24-13-20(2,27)17-8-5-11-28-17)25-14-9-10-26(12-14)18-15(21)6-4-7-16(18)22;/h4-8,11,14,27H,3,9-10,12-13H2,1-2H3,(H2,23,24,25);1H. The fourth-order valence-corrected chi connectivity index (χ4v) is 3.28. The first kappa shape index (κ1) is 23.4. The van der Waals surface area contributed by atoms with Crippen molar-refractivity contribution < 1.29 is 18.3 Å². The molecule has 0 saturated carbocycles. The minimum absolute atomic E-state index is 0. The van der Waals surface area contributed by atoms with E-state index >= 15 is 0 Å². The molecule has 1 aromatic carbocycles. The van der Waals surface area contributed by atoms with E-state index in [9.17, 15) is 13.9 Å². The molecular weight excluding hydrogens is 493 g/mol. The molecule has 0 aliphatic carbocycles. The molecule has 2 heterocycles. The van der Waals surface area contributed by atoms with Crippen molar-refractivity contribution in [3.05, 3.63) is 54.0 Å². The van der Waals surface area contributed by atoms with Gasteiger partial charge >= 0.3 is 0 Å². The first-order chi connectivity index (χ1) is 13.4. The normalized spacial score (nSPS) is 18.9. The summed E-state index contributed by atoms with van der Waals surface area (Å²) >= 11 is 0. The van der Waals surface area contributed by atoms with Gasteiger partial charge in [0.05, 0.1) is 12.8 Å². The highest BCUT2D eigenvalue weighted by atomic mass is 127. The van der Waals surface area contributed by atoms with Crippen LogP contribution in [0.3, 0.4) is 0 Å². The van der Waals surface area contributed by atoms with E-state index in [0.29, 0.717) is 37.8 Å². The molecule has 0 bridgehead atoms. The lowest BCUT2D eigenvalue weighted by Crippen LogP contribution is -2.45. The predicted molar refractivity (Wildman–Crippen MR) is 120 cm³/mol. The number of benzene rings is 1. The molecule has 1 aliphatic rings. The van der Waals surface area contributed by atoms with Crippen LogP contribution in [0.4, 0.5) is 14.5 Å². The lowest BCUT2D eigenvalue weighted by molar-refractivity contribution is 0.0437. The Balaban J connectivity index is 0.00000300. The third-order valence-corrected chi connectivity index (χ3v) is 4.72. The van der Waals surface area contributed by atoms with Gasteiger partial charge in [0.15, 0.2) is 5.96 Å². The highest BCUT2D eigenvalue weighted by Gasteiger charge is 2.29. The molecule has 0 radical (unpaired) electrons. The van der Waals surface area contributed by atoms with E-state index in [-0.39, 0.29) is 42.3 Å². The second-order valence-electron chi connectivity index (χ2n) is 7.09. The average molecular weight is 520 g/mol. The van der Waals surface area contributed by atoms with Crippen LogP contribution in [0.15, 0.2) is 46.0 Å². The minimum atomic E-state index is -1.23. The zero-order chi connectivity index (χ0) is 20.1. The Hall–Kier alpha value is -1.88. The van der Waals surface area contributed by atoms with Crippen molar-refractivity contribution in [3.63, 3.8) is 0 Å². The zero-order valence-electron chi connectivity index (χ0n) is 16.5. The third-order valence-electron chi connectivity index (χ3n) is 4.72. The van der Waals surface area contributed by atoms with Crippen LogP contribution in [0.2, 0.25) is 0 Å². The number of aliphatic hydroxyl groups is 1. The van der Waals surface area contributed by atoms with E-state index in [4.69, 9.17) is 4.42 Å². The fraction of sp³-hybridized carbons (Fsp3) is 0.450. The summed E-state index contributed by atoms with van der Waals surface area (Å²) in [6, 6.07) is 7.29. The smallest absolute Gasteiger partial charge is 0.191 e. The number of aliphatic imine (C=N–C) groups is 1. The number of halogens is 3. The van der Waals surface area contributed by atoms with Gasteiger partial charge < -0.3 is 25.1 Å². The molecule has 0 spiro atoms. The largest absolute Gasteiger partial charge is 0.466 e. The summed E-state index contributed by atoms with van der Waals surface area (Å²) < 4.78 is 33.3. The summed E-state index contributed by atoms with van der Waals surface area (Å²) in [6.07, 6.45) is 2.22. The van der Waals surface area contributed by atoms with Crippen molar-refractivity contribution >= 4 is 35.6 Å². The molecular formula is C20H27F2IN4O2. The molecule has 3 rings (SSSR count). The predicted octanol–water partition coefficient (Wildman–Crippen LogP) is 3.22. The van der Waals surface area contributed by atoms with Crippen molar-refractivity contribution in [2.75, 3.05) is 31.1 Å². The SMILES string of the molecule is CCNC(=NCC(C)(O)c1ccco1)NC1CCN(c2c(F)cccc2F)C1.I. The summed E-state index contributed by atoms with van der Waals surface area (Å²) in [4.78, 5) is 6.15. The summed E-state index contributed by atoms with van der Waals surface area (Å²) in [5.74, 6) is -0.143. The highest BCUT2D eigenvalue weighted by Crippen LogP contribution is 2.27. The fourth-order valence-electron chi connectivity index (χ4n) is 3.28. The Kier molecular flexibility index (Phi) is 8.26. The second kappa shape index (κ2) is 10.2. The molecule has 6 nitrogen and oxygen atoms in total. The van der Waals surface area contributed by atoms with Gasteiger partial charge in [-0.2, -0.15) is 0 Å². The number of nitrogens with one attached hydrogen (secondary N) is 2. The van der Waals surface area contributed by atoms with Crippen molar-refractivity contribution in [2.45, 2.75) is 31.9 Å². The summed E-state index contributed by atoms with van der Waals surface area (Å²) in [5, 5.41) is 17.0. The number of guanidine groups is 1. The highest BCUT2D eigenvalue weighted by molar-refractivity contribution is 14.0. The van der Waals surface area contributed by atoms with Crippen molar-refractivity contribution in [2.24, 2.45) is 4.99 Å². The van der Waals surface area contributed by atoms with Crippen molar-refractivity contribution in [3.8, 4) is 0 Å². The average Bonchev–Trinajstić information content (AvgIpc) is 3.32. The molecule has 2 unspecified atom stereocenters. The van der Waals surface area contributed by atoms with Crippen LogP contribution in [0, 0.1) is 11.6 Å². The Labute approximate surface area is 186 Å². The van der Waals surface area contributed by atoms with Gasteiger partial charge in [-0.1, -0.05) is 6.07 Å². The topological polar surface area (TPSA) is 73.0 Å². The van der Waals surface area contributed by atoms with Crippen LogP contribution in [0.25, 0.3) is 0 Å². The molecule has 9 heteroatoms. The maximum Gasteiger partial charge on any atom is 0.191 e. The number of para-hydroxylation sites is 1. The third kappa shape index (κ3) is 5.81. The van der Waals surface area contributed by atoms with Crippen LogP contribution in [-0.4, -0.2) is 43.3 Å². The molecule has 1 fully saturated rings. The molecule has 2 atom stereocenters. The van der Waals surface area contributed by atoms with Gasteiger partial charge in [-0.25, -0.2) is 13.8 Å². The Morgan fingerprint density at radius 2 is 2.03 bits per heavy atom. The van der Waals surface area contributed by atoms with Gasteiger partial charge in [-0.3, -0.25) is 0 Å². The Morgan fingerprint density at radius 1 is 1.31 bits per heavy atom. The van der Waals surface area contributed by atoms with Gasteiger partial charge in [-0.05, 0) is 44.5 Å². The minimum Gasteiger partial charge on any atom is -0.466 e. The Bertz CT molecular complexity index is 795. The molecule has 1 aliphatic heterocycles. The molecule has 1 aromatic heterocycles. The Morgan fingerprint density at radius 3 is 2.66 bits per heavy atom.